The molecule has 0 aliphatic rings. The van der Waals surface area contributed by atoms with Gasteiger partial charge in [0.25, 0.3) is 0 Å². The third-order valence-corrected chi connectivity index (χ3v) is 2.53. The number of hydrogen-bond donors (Lipinski definition) is 0. The molecular weight excluding hydrogens is 211 g/mol. The molecule has 72 valence electrons. The molecule has 1 rings (SSSR count). The van der Waals surface area contributed by atoms with Crippen LogP contribution in [0.4, 0.5) is 0 Å². The van der Waals surface area contributed by atoms with Gasteiger partial charge in [-0.2, -0.15) is 8.42 Å². The molecule has 14 heavy (non-hydrogen) atoms. The third kappa shape index (κ3) is 4.32. The van der Waals surface area contributed by atoms with Crippen molar-refractivity contribution in [1.82, 2.24) is 9.97 Å². The molecule has 0 aliphatic carbocycles. The van der Waals surface area contributed by atoms with E-state index < -0.39 is 10.3 Å². The maximum absolute atomic E-state index is 10.6. The topological polar surface area (TPSA) is 59.9 Å². The van der Waals surface area contributed by atoms with Crippen molar-refractivity contribution in [2.75, 3.05) is 0 Å². The van der Waals surface area contributed by atoms with Crippen molar-refractivity contribution in [3.05, 3.63) is 24.3 Å². The van der Waals surface area contributed by atoms with Gasteiger partial charge in [-0.15, -0.1) is 0 Å². The van der Waals surface area contributed by atoms with Gasteiger partial charge in [-0.25, -0.2) is 0 Å². The molecule has 0 bridgehead atoms. The van der Waals surface area contributed by atoms with Crippen molar-refractivity contribution in [2.45, 2.75) is 19.8 Å². The number of hydrogen-bond acceptors (Lipinski definition) is 4. The fourth-order valence-corrected chi connectivity index (χ4v) is 1.43. The molecule has 0 amide bonds. The first-order valence-electron chi connectivity index (χ1n) is 3.93. The van der Waals surface area contributed by atoms with Crippen LogP contribution >= 0.6 is 0 Å². The SMILES string of the molecule is CCC(Cc1cnccn1)=S(=O)=O.[H-].[Na+]. The fourth-order valence-electron chi connectivity index (χ4n) is 0.925. The average molecular weight is 222 g/mol. The Kier molecular flexibility index (Phi) is 7.00. The minimum atomic E-state index is -2.10. The third-order valence-electron chi connectivity index (χ3n) is 1.62. The summed E-state index contributed by atoms with van der Waals surface area (Å²) in [6.45, 7) is 1.81. The molecule has 1 aromatic rings. The molecule has 0 fully saturated rings. The Morgan fingerprint density at radius 3 is 2.64 bits per heavy atom. The average Bonchev–Trinajstić information content (AvgIpc) is 2.15. The van der Waals surface area contributed by atoms with E-state index >= 15 is 0 Å². The van der Waals surface area contributed by atoms with Gasteiger partial charge in [-0.1, -0.05) is 6.92 Å². The molecule has 0 saturated carbocycles. The van der Waals surface area contributed by atoms with Crippen molar-refractivity contribution in [1.29, 1.82) is 0 Å². The molecule has 1 heterocycles. The monoisotopic (exact) mass is 222 g/mol. The van der Waals surface area contributed by atoms with E-state index in [1.54, 1.807) is 18.6 Å². The summed E-state index contributed by atoms with van der Waals surface area (Å²) >= 11 is 0. The van der Waals surface area contributed by atoms with Crippen molar-refractivity contribution in [3.63, 3.8) is 0 Å². The van der Waals surface area contributed by atoms with Crippen LogP contribution in [0.25, 0.3) is 0 Å². The normalized spacial score (nSPS) is 8.93. The summed E-state index contributed by atoms with van der Waals surface area (Å²) in [5.74, 6) is 0. The van der Waals surface area contributed by atoms with Gasteiger partial charge >= 0.3 is 29.6 Å². The standard InChI is InChI=1S/C8H10N2O2S.Na.H/c1-2-8(13(11)12)5-7-6-9-3-4-10-7;;/h3-4,6H,2,5H2,1H3;;/q;+1;-1. The van der Waals surface area contributed by atoms with Gasteiger partial charge in [0.15, 0.2) is 0 Å². The summed E-state index contributed by atoms with van der Waals surface area (Å²) < 4.78 is 21.3. The Balaban J connectivity index is 0. The van der Waals surface area contributed by atoms with Crippen LogP contribution in [-0.2, 0) is 16.7 Å². The van der Waals surface area contributed by atoms with E-state index in [0.717, 1.165) is 0 Å². The second-order valence-corrected chi connectivity index (χ2v) is 3.55. The van der Waals surface area contributed by atoms with E-state index in [9.17, 15) is 8.42 Å². The molecule has 6 heteroatoms. The number of rotatable bonds is 3. The molecule has 0 unspecified atom stereocenters. The Morgan fingerprint density at radius 1 is 1.50 bits per heavy atom. The molecule has 0 N–H and O–H groups in total. The van der Waals surface area contributed by atoms with Gasteiger partial charge in [0.2, 0.25) is 10.3 Å². The second-order valence-electron chi connectivity index (χ2n) is 2.50. The first-order valence-corrected chi connectivity index (χ1v) is 5.00. The van der Waals surface area contributed by atoms with Crippen molar-refractivity contribution < 1.29 is 39.4 Å². The van der Waals surface area contributed by atoms with Crippen LogP contribution in [0.1, 0.15) is 20.5 Å². The molecule has 1 aromatic heterocycles. The van der Waals surface area contributed by atoms with Gasteiger partial charge < -0.3 is 1.43 Å². The van der Waals surface area contributed by atoms with Crippen LogP contribution in [-0.4, -0.2) is 23.3 Å². The van der Waals surface area contributed by atoms with E-state index in [1.165, 1.54) is 0 Å². The zero-order chi connectivity index (χ0) is 9.68. The van der Waals surface area contributed by atoms with Crippen LogP contribution in [0.3, 0.4) is 0 Å². The molecule has 4 nitrogen and oxygen atoms in total. The first kappa shape index (κ1) is 13.8. The quantitative estimate of drug-likeness (QED) is 0.422. The van der Waals surface area contributed by atoms with Crippen LogP contribution in [0.5, 0.6) is 0 Å². The van der Waals surface area contributed by atoms with Crippen LogP contribution in [0, 0.1) is 0 Å². The maximum atomic E-state index is 10.6. The van der Waals surface area contributed by atoms with E-state index in [1.807, 2.05) is 6.92 Å². The van der Waals surface area contributed by atoms with Crippen LogP contribution in [0.2, 0.25) is 0 Å². The molecule has 0 spiro atoms. The van der Waals surface area contributed by atoms with E-state index in [4.69, 9.17) is 0 Å². The summed E-state index contributed by atoms with van der Waals surface area (Å²) in [5.41, 5.74) is 0.684. The van der Waals surface area contributed by atoms with E-state index in [2.05, 4.69) is 9.97 Å². The van der Waals surface area contributed by atoms with Crippen molar-refractivity contribution in [2.24, 2.45) is 0 Å². The van der Waals surface area contributed by atoms with Gasteiger partial charge in [-0.05, 0) is 6.42 Å². The molecule has 0 saturated heterocycles. The summed E-state index contributed by atoms with van der Waals surface area (Å²) in [6.07, 6.45) is 5.56. The largest absolute Gasteiger partial charge is 1.00 e. The van der Waals surface area contributed by atoms with Gasteiger partial charge in [0.05, 0.1) is 10.6 Å². The Bertz CT molecular complexity index is 400. The van der Waals surface area contributed by atoms with Crippen molar-refractivity contribution >= 4 is 15.2 Å². The van der Waals surface area contributed by atoms with Crippen LogP contribution in [0.15, 0.2) is 18.6 Å². The summed E-state index contributed by atoms with van der Waals surface area (Å²) in [5, 5.41) is 0. The number of nitrogens with zero attached hydrogens (tertiary/aromatic N) is 2. The van der Waals surface area contributed by atoms with E-state index in [-0.39, 0.29) is 31.0 Å². The Hall–Kier alpha value is -0.230. The fraction of sp³-hybridized carbons (Fsp3) is 0.375. The summed E-state index contributed by atoms with van der Waals surface area (Å²) in [4.78, 5) is 8.31. The predicted octanol–water partition coefficient (Wildman–Crippen LogP) is -2.40. The van der Waals surface area contributed by atoms with Gasteiger partial charge in [0, 0.05) is 25.0 Å². The minimum Gasteiger partial charge on any atom is -1.00 e. The zero-order valence-electron chi connectivity index (χ0n) is 9.27. The first-order chi connectivity index (χ1) is 6.24. The maximum Gasteiger partial charge on any atom is 1.00 e. The van der Waals surface area contributed by atoms with Gasteiger partial charge in [0.1, 0.15) is 0 Å². The smallest absolute Gasteiger partial charge is 1.00 e. The molecule has 0 atom stereocenters. The Morgan fingerprint density at radius 2 is 2.21 bits per heavy atom. The Labute approximate surface area is 108 Å². The second kappa shape index (κ2) is 7.11. The van der Waals surface area contributed by atoms with Gasteiger partial charge in [-0.3, -0.25) is 9.97 Å². The summed E-state index contributed by atoms with van der Waals surface area (Å²) in [7, 11) is -2.10. The summed E-state index contributed by atoms with van der Waals surface area (Å²) in [6, 6.07) is 0. The van der Waals surface area contributed by atoms with Crippen molar-refractivity contribution in [3.8, 4) is 0 Å². The van der Waals surface area contributed by atoms with Crippen LogP contribution < -0.4 is 29.6 Å². The molecule has 0 aliphatic heterocycles. The number of aromatic nitrogens is 2. The molecule has 0 radical (unpaired) electrons. The minimum absolute atomic E-state index is 0. The predicted molar refractivity (Wildman–Crippen MR) is 51.1 cm³/mol. The van der Waals surface area contributed by atoms with E-state index in [0.29, 0.717) is 23.4 Å². The molecular formula is C8H11N2NaO2S. The zero-order valence-corrected chi connectivity index (χ0v) is 11.1. The molecule has 0 aromatic carbocycles.